The molecule has 0 radical (unpaired) electrons. The molecule has 1 amide bonds. The lowest BCUT2D eigenvalue weighted by Gasteiger charge is -2.21. The molecule has 0 unspecified atom stereocenters. The number of carbonyl (C=O) groups excluding carboxylic acids is 1. The summed E-state index contributed by atoms with van der Waals surface area (Å²) in [5.74, 6) is -0.656. The highest BCUT2D eigenvalue weighted by Gasteiger charge is 2.27. The first-order chi connectivity index (χ1) is 9.31. The Morgan fingerprint density at radius 1 is 1.40 bits per heavy atom. The van der Waals surface area contributed by atoms with Crippen molar-refractivity contribution in [3.05, 3.63) is 29.6 Å². The monoisotopic (exact) mass is 300 g/mol. The smallest absolute Gasteiger partial charge is 0.253 e. The van der Waals surface area contributed by atoms with Crippen LogP contribution in [0, 0.1) is 11.7 Å². The van der Waals surface area contributed by atoms with Crippen molar-refractivity contribution in [1.82, 2.24) is 4.90 Å². The van der Waals surface area contributed by atoms with E-state index < -0.39 is 15.8 Å². The van der Waals surface area contributed by atoms with E-state index in [0.717, 1.165) is 31.0 Å². The quantitative estimate of drug-likeness (QED) is 0.891. The maximum atomic E-state index is 13.5. The number of benzene rings is 1. The first kappa shape index (κ1) is 14.9. The summed E-state index contributed by atoms with van der Waals surface area (Å²) in [5, 5.41) is 4.97. The van der Waals surface area contributed by atoms with E-state index in [1.165, 1.54) is 0 Å². The molecule has 0 bridgehead atoms. The van der Waals surface area contributed by atoms with Gasteiger partial charge in [-0.2, -0.15) is 0 Å². The van der Waals surface area contributed by atoms with Gasteiger partial charge in [0.05, 0.1) is 4.90 Å². The molecule has 2 N–H and O–H groups in total. The number of hydrogen-bond acceptors (Lipinski definition) is 3. The molecular formula is C13H17FN2O3S. The highest BCUT2D eigenvalue weighted by Crippen LogP contribution is 2.30. The molecule has 0 atom stereocenters. The molecule has 0 aromatic heterocycles. The third-order valence-electron chi connectivity index (χ3n) is 3.29. The average molecular weight is 300 g/mol. The molecule has 1 aliphatic rings. The molecule has 20 heavy (non-hydrogen) atoms. The minimum absolute atomic E-state index is 0.0107. The van der Waals surface area contributed by atoms with Crippen LogP contribution in [0.15, 0.2) is 23.1 Å². The predicted octanol–water partition coefficient (Wildman–Crippen LogP) is 1.35. The number of nitrogens with zero attached hydrogens (tertiary/aromatic N) is 1. The Bertz CT molecular complexity index is 627. The van der Waals surface area contributed by atoms with Gasteiger partial charge in [0, 0.05) is 18.7 Å². The van der Waals surface area contributed by atoms with Gasteiger partial charge in [0.25, 0.3) is 5.91 Å². The SMILES string of the molecule is CCN(CC1CC1)C(=O)c1cc(F)cc(S(N)(=O)=O)c1. The molecule has 0 aliphatic heterocycles. The molecular weight excluding hydrogens is 283 g/mol. The third-order valence-corrected chi connectivity index (χ3v) is 4.18. The van der Waals surface area contributed by atoms with Gasteiger partial charge in [-0.3, -0.25) is 4.79 Å². The van der Waals surface area contributed by atoms with Crippen LogP contribution in [-0.2, 0) is 10.0 Å². The zero-order valence-corrected chi connectivity index (χ0v) is 12.0. The fourth-order valence-corrected chi connectivity index (χ4v) is 2.57. The maximum Gasteiger partial charge on any atom is 0.253 e. The van der Waals surface area contributed by atoms with E-state index in [1.807, 2.05) is 6.92 Å². The minimum Gasteiger partial charge on any atom is -0.339 e. The summed E-state index contributed by atoms with van der Waals surface area (Å²) in [7, 11) is -4.04. The second-order valence-electron chi connectivity index (χ2n) is 5.01. The number of halogens is 1. The van der Waals surface area contributed by atoms with E-state index in [4.69, 9.17) is 5.14 Å². The molecule has 0 heterocycles. The Balaban J connectivity index is 2.30. The zero-order valence-electron chi connectivity index (χ0n) is 11.2. The molecule has 1 aromatic carbocycles. The van der Waals surface area contributed by atoms with Crippen LogP contribution in [0.4, 0.5) is 4.39 Å². The van der Waals surface area contributed by atoms with Crippen molar-refractivity contribution in [2.45, 2.75) is 24.7 Å². The summed E-state index contributed by atoms with van der Waals surface area (Å²) in [5.41, 5.74) is 0.0107. The number of hydrogen-bond donors (Lipinski definition) is 1. The lowest BCUT2D eigenvalue weighted by Crippen LogP contribution is -2.33. The Morgan fingerprint density at radius 2 is 2.05 bits per heavy atom. The summed E-state index contributed by atoms with van der Waals surface area (Å²) in [6.45, 7) is 2.95. The number of amides is 1. The van der Waals surface area contributed by atoms with Crippen LogP contribution in [0.25, 0.3) is 0 Å². The third kappa shape index (κ3) is 3.55. The van der Waals surface area contributed by atoms with E-state index in [0.29, 0.717) is 19.0 Å². The molecule has 1 aromatic rings. The first-order valence-corrected chi connectivity index (χ1v) is 7.98. The standard InChI is InChI=1S/C13H17FN2O3S/c1-2-16(8-9-3-4-9)13(17)10-5-11(14)7-12(6-10)20(15,18)19/h5-7,9H,2-4,8H2,1H3,(H2,15,18,19). The number of carbonyl (C=O) groups is 1. The highest BCUT2D eigenvalue weighted by molar-refractivity contribution is 7.89. The van der Waals surface area contributed by atoms with Gasteiger partial charge in [-0.15, -0.1) is 0 Å². The topological polar surface area (TPSA) is 80.5 Å². The van der Waals surface area contributed by atoms with Crippen molar-refractivity contribution in [3.8, 4) is 0 Å². The van der Waals surface area contributed by atoms with Crippen LogP contribution in [0.2, 0.25) is 0 Å². The van der Waals surface area contributed by atoms with E-state index in [2.05, 4.69) is 0 Å². The lowest BCUT2D eigenvalue weighted by molar-refractivity contribution is 0.0756. The number of nitrogens with two attached hydrogens (primary N) is 1. The second-order valence-corrected chi connectivity index (χ2v) is 6.57. The van der Waals surface area contributed by atoms with Crippen LogP contribution < -0.4 is 5.14 Å². The molecule has 0 spiro atoms. The Morgan fingerprint density at radius 3 is 2.55 bits per heavy atom. The molecule has 0 saturated heterocycles. The second kappa shape index (κ2) is 5.49. The van der Waals surface area contributed by atoms with Crippen molar-refractivity contribution >= 4 is 15.9 Å². The van der Waals surface area contributed by atoms with E-state index in [1.54, 1.807) is 4.90 Å². The van der Waals surface area contributed by atoms with Gasteiger partial charge in [0.15, 0.2) is 0 Å². The summed E-state index contributed by atoms with van der Waals surface area (Å²) < 4.78 is 36.0. The normalized spacial score (nSPS) is 15.2. The van der Waals surface area contributed by atoms with Crippen molar-refractivity contribution in [3.63, 3.8) is 0 Å². The van der Waals surface area contributed by atoms with E-state index >= 15 is 0 Å². The van der Waals surface area contributed by atoms with E-state index in [9.17, 15) is 17.6 Å². The summed E-state index contributed by atoms with van der Waals surface area (Å²) >= 11 is 0. The molecule has 110 valence electrons. The van der Waals surface area contributed by atoms with Crippen LogP contribution in [0.5, 0.6) is 0 Å². The molecule has 5 nitrogen and oxygen atoms in total. The minimum atomic E-state index is -4.04. The Kier molecular flexibility index (Phi) is 4.10. The van der Waals surface area contributed by atoms with Gasteiger partial charge in [0.1, 0.15) is 5.82 Å². The van der Waals surface area contributed by atoms with Crippen molar-refractivity contribution in [1.29, 1.82) is 0 Å². The Labute approximate surface area is 117 Å². The highest BCUT2D eigenvalue weighted by atomic mass is 32.2. The van der Waals surface area contributed by atoms with Crippen molar-refractivity contribution in [2.24, 2.45) is 11.1 Å². The number of sulfonamides is 1. The lowest BCUT2D eigenvalue weighted by atomic mass is 10.2. The van der Waals surface area contributed by atoms with Gasteiger partial charge in [-0.05, 0) is 43.9 Å². The first-order valence-electron chi connectivity index (χ1n) is 6.44. The van der Waals surface area contributed by atoms with Crippen LogP contribution in [0.3, 0.4) is 0 Å². The fourth-order valence-electron chi connectivity index (χ4n) is 2.00. The largest absolute Gasteiger partial charge is 0.339 e. The number of primary sulfonamides is 1. The van der Waals surface area contributed by atoms with Gasteiger partial charge in [0.2, 0.25) is 10.0 Å². The zero-order chi connectivity index (χ0) is 14.9. The van der Waals surface area contributed by atoms with Gasteiger partial charge < -0.3 is 4.90 Å². The van der Waals surface area contributed by atoms with Crippen LogP contribution in [-0.4, -0.2) is 32.3 Å². The maximum absolute atomic E-state index is 13.5. The molecule has 7 heteroatoms. The van der Waals surface area contributed by atoms with Crippen molar-refractivity contribution < 1.29 is 17.6 Å². The summed E-state index contributed by atoms with van der Waals surface area (Å²) in [6.07, 6.45) is 2.19. The molecule has 1 fully saturated rings. The molecule has 1 saturated carbocycles. The van der Waals surface area contributed by atoms with Gasteiger partial charge in [-0.25, -0.2) is 17.9 Å². The fraction of sp³-hybridized carbons (Fsp3) is 0.462. The van der Waals surface area contributed by atoms with Gasteiger partial charge >= 0.3 is 0 Å². The average Bonchev–Trinajstić information content (AvgIpc) is 3.17. The molecule has 2 rings (SSSR count). The van der Waals surface area contributed by atoms with Crippen LogP contribution in [0.1, 0.15) is 30.1 Å². The predicted molar refractivity (Wildman–Crippen MR) is 72.1 cm³/mol. The van der Waals surface area contributed by atoms with E-state index in [-0.39, 0.29) is 16.4 Å². The number of rotatable bonds is 5. The molecule has 1 aliphatic carbocycles. The van der Waals surface area contributed by atoms with Crippen LogP contribution >= 0.6 is 0 Å². The summed E-state index contributed by atoms with van der Waals surface area (Å²) in [4.78, 5) is 13.5. The summed E-state index contributed by atoms with van der Waals surface area (Å²) in [6, 6.07) is 2.96. The Hall–Kier alpha value is -1.47. The van der Waals surface area contributed by atoms with Gasteiger partial charge in [-0.1, -0.05) is 0 Å². The van der Waals surface area contributed by atoms with Crippen molar-refractivity contribution in [2.75, 3.05) is 13.1 Å².